The molecule has 0 atom stereocenters. The molecule has 3 nitrogen and oxygen atoms in total. The van der Waals surface area contributed by atoms with Crippen LogP contribution >= 0.6 is 11.6 Å². The van der Waals surface area contributed by atoms with E-state index in [1.807, 2.05) is 6.07 Å². The second kappa shape index (κ2) is 4.41. The first-order chi connectivity index (χ1) is 9.06. The zero-order valence-electron chi connectivity index (χ0n) is 10.7. The zero-order valence-corrected chi connectivity index (χ0v) is 11.5. The van der Waals surface area contributed by atoms with E-state index in [0.717, 1.165) is 43.2 Å². The van der Waals surface area contributed by atoms with Crippen molar-refractivity contribution in [2.45, 2.75) is 50.4 Å². The maximum atomic E-state index is 11.7. The summed E-state index contributed by atoms with van der Waals surface area (Å²) in [5.74, 6) is -0.846. The van der Waals surface area contributed by atoms with E-state index in [1.165, 1.54) is 0 Å². The average Bonchev–Trinajstić information content (AvgIpc) is 3.02. The maximum absolute atomic E-state index is 11.7. The Kier molecular flexibility index (Phi) is 2.97. The van der Waals surface area contributed by atoms with Gasteiger partial charge in [0.2, 0.25) is 0 Å². The minimum absolute atomic E-state index is 0.00776. The quantitative estimate of drug-likeness (QED) is 0.872. The van der Waals surface area contributed by atoms with Crippen molar-refractivity contribution in [1.29, 1.82) is 0 Å². The smallest absolute Gasteiger partial charge is 0.314 e. The minimum atomic E-state index is -0.939. The molecule has 2 aliphatic carbocycles. The van der Waals surface area contributed by atoms with Crippen molar-refractivity contribution < 1.29 is 15.0 Å². The van der Waals surface area contributed by atoms with Gasteiger partial charge in [0.05, 0.1) is 10.4 Å². The number of fused-ring (bicyclic) bond motifs is 1. The number of phenols is 1. The summed E-state index contributed by atoms with van der Waals surface area (Å²) < 4.78 is 0. The molecule has 0 unspecified atom stereocenters. The summed E-state index contributed by atoms with van der Waals surface area (Å²) in [6.45, 7) is 0. The number of hydrogen-bond donors (Lipinski definition) is 2. The minimum Gasteiger partial charge on any atom is -0.506 e. The van der Waals surface area contributed by atoms with Gasteiger partial charge in [0.1, 0.15) is 5.75 Å². The highest BCUT2D eigenvalue weighted by Crippen LogP contribution is 2.49. The van der Waals surface area contributed by atoms with Crippen LogP contribution in [0.2, 0.25) is 5.02 Å². The van der Waals surface area contributed by atoms with Crippen LogP contribution in [0.1, 0.15) is 48.8 Å². The van der Waals surface area contributed by atoms with E-state index in [1.54, 1.807) is 0 Å². The summed E-state index contributed by atoms with van der Waals surface area (Å²) >= 11 is 6.25. The van der Waals surface area contributed by atoms with E-state index < -0.39 is 11.4 Å². The Morgan fingerprint density at radius 3 is 2.53 bits per heavy atom. The summed E-state index contributed by atoms with van der Waals surface area (Å²) in [7, 11) is 0. The Bertz CT molecular complexity index is 545. The topological polar surface area (TPSA) is 57.5 Å². The Morgan fingerprint density at radius 1 is 1.21 bits per heavy atom. The predicted octanol–water partition coefficient (Wildman–Crippen LogP) is 3.43. The number of phenolic OH excluding ortho intramolecular Hbond substituents is 1. The van der Waals surface area contributed by atoms with Crippen molar-refractivity contribution in [1.82, 2.24) is 0 Å². The lowest BCUT2D eigenvalue weighted by Gasteiger charge is -2.26. The van der Waals surface area contributed by atoms with Gasteiger partial charge in [0, 0.05) is 5.56 Å². The molecule has 0 aliphatic heterocycles. The highest BCUT2D eigenvalue weighted by molar-refractivity contribution is 6.33. The zero-order chi connectivity index (χ0) is 13.6. The third kappa shape index (κ3) is 1.75. The summed E-state index contributed by atoms with van der Waals surface area (Å²) in [6.07, 6.45) is 5.79. The molecule has 0 radical (unpaired) electrons. The number of rotatable bonds is 2. The first-order valence-electron chi connectivity index (χ1n) is 6.83. The van der Waals surface area contributed by atoms with Crippen LogP contribution in [0.15, 0.2) is 6.07 Å². The molecule has 1 fully saturated rings. The largest absolute Gasteiger partial charge is 0.506 e. The van der Waals surface area contributed by atoms with Gasteiger partial charge in [-0.05, 0) is 43.2 Å². The second-order valence-electron chi connectivity index (χ2n) is 5.67. The SMILES string of the molecule is O=C(O)C1(c2cc3c(c(Cl)c2O)CCC3)CCCC1. The number of halogens is 1. The fourth-order valence-corrected chi connectivity index (χ4v) is 3.94. The average molecular weight is 281 g/mol. The Hall–Kier alpha value is -1.22. The van der Waals surface area contributed by atoms with Crippen molar-refractivity contribution in [3.05, 3.63) is 27.8 Å². The normalized spacial score (nSPS) is 20.5. The number of carbonyl (C=O) groups is 1. The molecule has 1 saturated carbocycles. The molecule has 102 valence electrons. The van der Waals surface area contributed by atoms with E-state index >= 15 is 0 Å². The van der Waals surface area contributed by atoms with Crippen LogP contribution in [0, 0.1) is 0 Å². The third-order valence-corrected chi connectivity index (χ3v) is 5.10. The summed E-state index contributed by atoms with van der Waals surface area (Å²) in [5.41, 5.74) is 1.71. The first-order valence-corrected chi connectivity index (χ1v) is 7.21. The van der Waals surface area contributed by atoms with Crippen molar-refractivity contribution >= 4 is 17.6 Å². The fourth-order valence-electron chi connectivity index (χ4n) is 3.62. The van der Waals surface area contributed by atoms with Crippen LogP contribution in [0.5, 0.6) is 5.75 Å². The summed E-state index contributed by atoms with van der Waals surface area (Å²) in [4.78, 5) is 11.7. The fraction of sp³-hybridized carbons (Fsp3) is 0.533. The number of hydrogen-bond acceptors (Lipinski definition) is 2. The standard InChI is InChI=1S/C15H17ClO3/c16-12-10-5-3-4-9(10)8-11(13(12)17)15(14(18)19)6-1-2-7-15/h8,17H,1-7H2,(H,18,19). The molecule has 2 aliphatic rings. The van der Waals surface area contributed by atoms with E-state index in [2.05, 4.69) is 0 Å². The molecule has 1 aromatic rings. The monoisotopic (exact) mass is 280 g/mol. The van der Waals surface area contributed by atoms with Gasteiger partial charge in [-0.25, -0.2) is 0 Å². The Labute approximate surface area is 117 Å². The molecular formula is C15H17ClO3. The van der Waals surface area contributed by atoms with Crippen LogP contribution in [-0.2, 0) is 23.1 Å². The van der Waals surface area contributed by atoms with E-state index in [-0.39, 0.29) is 5.75 Å². The lowest BCUT2D eigenvalue weighted by Crippen LogP contribution is -2.32. The molecule has 0 aromatic heterocycles. The molecule has 3 rings (SSSR count). The molecule has 19 heavy (non-hydrogen) atoms. The molecule has 0 spiro atoms. The molecule has 1 aromatic carbocycles. The van der Waals surface area contributed by atoms with Gasteiger partial charge in [-0.2, -0.15) is 0 Å². The predicted molar refractivity (Wildman–Crippen MR) is 72.9 cm³/mol. The van der Waals surface area contributed by atoms with Gasteiger partial charge in [0.15, 0.2) is 0 Å². The first kappa shape index (κ1) is 12.8. The van der Waals surface area contributed by atoms with Crippen LogP contribution in [0.3, 0.4) is 0 Å². The van der Waals surface area contributed by atoms with Crippen LogP contribution < -0.4 is 0 Å². The van der Waals surface area contributed by atoms with E-state index in [4.69, 9.17) is 11.6 Å². The second-order valence-corrected chi connectivity index (χ2v) is 6.05. The van der Waals surface area contributed by atoms with Gasteiger partial charge in [-0.15, -0.1) is 0 Å². The number of carboxylic acid groups (broad SMARTS) is 1. The van der Waals surface area contributed by atoms with Crippen molar-refractivity contribution in [2.75, 3.05) is 0 Å². The number of aliphatic carboxylic acids is 1. The molecule has 2 N–H and O–H groups in total. The van der Waals surface area contributed by atoms with E-state index in [9.17, 15) is 15.0 Å². The maximum Gasteiger partial charge on any atom is 0.314 e. The highest BCUT2D eigenvalue weighted by atomic mass is 35.5. The van der Waals surface area contributed by atoms with Gasteiger partial charge < -0.3 is 10.2 Å². The van der Waals surface area contributed by atoms with Crippen molar-refractivity contribution in [3.8, 4) is 5.75 Å². The molecule has 0 bridgehead atoms. The number of aromatic hydroxyl groups is 1. The lowest BCUT2D eigenvalue weighted by molar-refractivity contribution is -0.143. The van der Waals surface area contributed by atoms with Crippen LogP contribution in [0.25, 0.3) is 0 Å². The Balaban J connectivity index is 2.20. The molecule has 0 saturated heterocycles. The molecule has 0 amide bonds. The molecular weight excluding hydrogens is 264 g/mol. The summed E-state index contributed by atoms with van der Waals surface area (Å²) in [5, 5.41) is 20.3. The lowest BCUT2D eigenvalue weighted by atomic mass is 9.77. The van der Waals surface area contributed by atoms with Crippen molar-refractivity contribution in [2.24, 2.45) is 0 Å². The number of aryl methyl sites for hydroxylation is 1. The van der Waals surface area contributed by atoms with Gasteiger partial charge in [-0.3, -0.25) is 4.79 Å². The number of carboxylic acids is 1. The van der Waals surface area contributed by atoms with Gasteiger partial charge in [-0.1, -0.05) is 30.5 Å². The summed E-state index contributed by atoms with van der Waals surface area (Å²) in [6, 6.07) is 1.89. The van der Waals surface area contributed by atoms with Crippen molar-refractivity contribution in [3.63, 3.8) is 0 Å². The van der Waals surface area contributed by atoms with E-state index in [0.29, 0.717) is 23.4 Å². The highest BCUT2D eigenvalue weighted by Gasteiger charge is 2.45. The van der Waals surface area contributed by atoms with Gasteiger partial charge in [0.25, 0.3) is 0 Å². The Morgan fingerprint density at radius 2 is 1.89 bits per heavy atom. The van der Waals surface area contributed by atoms with Crippen LogP contribution in [-0.4, -0.2) is 16.2 Å². The molecule has 4 heteroatoms. The third-order valence-electron chi connectivity index (χ3n) is 4.69. The number of benzene rings is 1. The van der Waals surface area contributed by atoms with Gasteiger partial charge >= 0.3 is 5.97 Å². The molecule has 0 heterocycles. The van der Waals surface area contributed by atoms with Crippen LogP contribution in [0.4, 0.5) is 0 Å².